The first-order chi connectivity index (χ1) is 15.7. The summed E-state index contributed by atoms with van der Waals surface area (Å²) in [6, 6.07) is 0. The summed E-state index contributed by atoms with van der Waals surface area (Å²) in [5.74, 6) is 1.50. The van der Waals surface area contributed by atoms with Gasteiger partial charge in [-0.25, -0.2) is 0 Å². The third kappa shape index (κ3) is 2.82. The molecule has 0 heterocycles. The number of ether oxygens (including phenoxy) is 1. The Morgan fingerprint density at radius 1 is 0.941 bits per heavy atom. The van der Waals surface area contributed by atoms with E-state index in [-0.39, 0.29) is 44.4 Å². The van der Waals surface area contributed by atoms with Crippen molar-refractivity contribution in [2.45, 2.75) is 99.8 Å². The number of fused-ring (bicyclic) bond motifs is 7. The number of allylic oxidation sites excluding steroid dienone is 4. The van der Waals surface area contributed by atoms with Gasteiger partial charge in [-0.2, -0.15) is 0 Å². The summed E-state index contributed by atoms with van der Waals surface area (Å²) in [5, 5.41) is 0. The molecule has 3 fully saturated rings. The van der Waals surface area contributed by atoms with Crippen LogP contribution < -0.4 is 0 Å². The molecule has 6 unspecified atom stereocenters. The maximum Gasteiger partial charge on any atom is 0.312 e. The minimum absolute atomic E-state index is 0.0226. The van der Waals surface area contributed by atoms with E-state index in [1.165, 1.54) is 0 Å². The van der Waals surface area contributed by atoms with Crippen molar-refractivity contribution >= 4 is 11.8 Å². The molecule has 3 nitrogen and oxygen atoms in total. The van der Waals surface area contributed by atoms with Crippen molar-refractivity contribution in [2.24, 2.45) is 50.2 Å². The highest BCUT2D eigenvalue weighted by Gasteiger charge is 2.68. The summed E-state index contributed by atoms with van der Waals surface area (Å²) < 4.78 is 5.47. The number of hydrogen-bond acceptors (Lipinski definition) is 3. The van der Waals surface area contributed by atoms with Gasteiger partial charge >= 0.3 is 5.97 Å². The molecule has 0 aromatic rings. The molecule has 0 amide bonds. The summed E-state index contributed by atoms with van der Waals surface area (Å²) in [6.07, 6.45) is 15.2. The van der Waals surface area contributed by atoms with Gasteiger partial charge < -0.3 is 4.74 Å². The minimum atomic E-state index is -0.348. The highest BCUT2D eigenvalue weighted by Crippen LogP contribution is 2.75. The van der Waals surface area contributed by atoms with Crippen LogP contribution in [0.5, 0.6) is 0 Å². The lowest BCUT2D eigenvalue weighted by molar-refractivity contribution is -0.177. The van der Waals surface area contributed by atoms with E-state index < -0.39 is 0 Å². The zero-order chi connectivity index (χ0) is 24.9. The van der Waals surface area contributed by atoms with Gasteiger partial charge in [0.15, 0.2) is 5.78 Å². The molecule has 0 spiro atoms. The van der Waals surface area contributed by atoms with E-state index in [4.69, 9.17) is 4.74 Å². The second kappa shape index (κ2) is 7.10. The SMILES string of the molecule is COC(=O)C12CCC(C)(C)CC1C1=CCC3C4(C)C=CC(=O)C(C)(C)C4CCC3(C)[C@]1(C)CC2. The van der Waals surface area contributed by atoms with Crippen molar-refractivity contribution in [1.82, 2.24) is 0 Å². The first-order valence-electron chi connectivity index (χ1n) is 13.7. The zero-order valence-corrected chi connectivity index (χ0v) is 22.8. The Hall–Kier alpha value is -1.38. The number of carbonyl (C=O) groups is 2. The summed E-state index contributed by atoms with van der Waals surface area (Å²) in [6.45, 7) is 16.6. The lowest BCUT2D eigenvalue weighted by Gasteiger charge is -2.69. The smallest absolute Gasteiger partial charge is 0.312 e. The Kier molecular flexibility index (Phi) is 5.08. The largest absolute Gasteiger partial charge is 0.469 e. The second-order valence-corrected chi connectivity index (χ2v) is 14.6. The molecule has 0 radical (unpaired) electrons. The first-order valence-corrected chi connectivity index (χ1v) is 13.7. The monoisotopic (exact) mass is 466 g/mol. The van der Waals surface area contributed by atoms with Gasteiger partial charge in [-0.05, 0) is 96.9 Å². The topological polar surface area (TPSA) is 43.4 Å². The molecule has 3 saturated carbocycles. The van der Waals surface area contributed by atoms with Gasteiger partial charge in [0.05, 0.1) is 12.5 Å². The molecule has 0 saturated heterocycles. The van der Waals surface area contributed by atoms with Crippen LogP contribution in [0.2, 0.25) is 0 Å². The van der Waals surface area contributed by atoms with E-state index in [1.54, 1.807) is 12.7 Å². The molecule has 3 heteroatoms. The van der Waals surface area contributed by atoms with Crippen molar-refractivity contribution in [3.05, 3.63) is 23.8 Å². The maximum atomic E-state index is 13.3. The molecule has 0 bridgehead atoms. The van der Waals surface area contributed by atoms with Crippen LogP contribution in [0.25, 0.3) is 0 Å². The fourth-order valence-electron chi connectivity index (χ4n) is 10.1. The Bertz CT molecular complexity index is 985. The maximum absolute atomic E-state index is 13.3. The first kappa shape index (κ1) is 24.3. The van der Waals surface area contributed by atoms with Crippen LogP contribution >= 0.6 is 0 Å². The molecule has 5 aliphatic carbocycles. The van der Waals surface area contributed by atoms with Gasteiger partial charge in [0.2, 0.25) is 0 Å². The molecule has 7 atom stereocenters. The van der Waals surface area contributed by atoms with Gasteiger partial charge in [-0.15, -0.1) is 0 Å². The third-order valence-corrected chi connectivity index (χ3v) is 12.5. The van der Waals surface area contributed by atoms with E-state index in [2.05, 4.69) is 60.6 Å². The standard InChI is InChI=1S/C31H46O3/c1-26(2)15-17-31(25(33)34-8)18-16-29(6)20(21(31)19-26)9-10-23-28(5)13-12-24(32)27(3,4)22(28)11-14-30(23,29)7/h9,12-13,21-23H,10-11,14-19H2,1-8H3/t21?,22?,23?,28?,29-,30?,31?/m1/s1. The number of ketones is 1. The van der Waals surface area contributed by atoms with Crippen molar-refractivity contribution in [3.8, 4) is 0 Å². The lowest BCUT2D eigenvalue weighted by atomic mass is 9.34. The number of carbonyl (C=O) groups excluding carboxylic acids is 2. The van der Waals surface area contributed by atoms with Crippen LogP contribution in [-0.4, -0.2) is 18.9 Å². The molecule has 5 aliphatic rings. The normalized spacial score (nSPS) is 48.5. The van der Waals surface area contributed by atoms with Gasteiger partial charge in [-0.3, -0.25) is 9.59 Å². The Morgan fingerprint density at radius 3 is 2.29 bits per heavy atom. The fourth-order valence-corrected chi connectivity index (χ4v) is 10.1. The Labute approximate surface area is 207 Å². The average molecular weight is 467 g/mol. The number of rotatable bonds is 1. The molecule has 0 aromatic carbocycles. The van der Waals surface area contributed by atoms with Crippen molar-refractivity contribution < 1.29 is 14.3 Å². The lowest BCUT2D eigenvalue weighted by Crippen LogP contribution is -2.64. The van der Waals surface area contributed by atoms with Crippen LogP contribution in [0, 0.1) is 50.2 Å². The van der Waals surface area contributed by atoms with Crippen LogP contribution in [-0.2, 0) is 14.3 Å². The van der Waals surface area contributed by atoms with Gasteiger partial charge in [0, 0.05) is 5.41 Å². The predicted octanol–water partition coefficient (Wildman–Crippen LogP) is 7.31. The summed E-state index contributed by atoms with van der Waals surface area (Å²) in [4.78, 5) is 26.2. The Morgan fingerprint density at radius 2 is 1.62 bits per heavy atom. The van der Waals surface area contributed by atoms with Gasteiger partial charge in [0.1, 0.15) is 0 Å². The van der Waals surface area contributed by atoms with Gasteiger partial charge in [-0.1, -0.05) is 66.2 Å². The third-order valence-electron chi connectivity index (χ3n) is 12.5. The van der Waals surface area contributed by atoms with E-state index >= 15 is 0 Å². The number of methoxy groups -OCH3 is 1. The number of esters is 1. The predicted molar refractivity (Wildman–Crippen MR) is 136 cm³/mol. The summed E-state index contributed by atoms with van der Waals surface area (Å²) in [5.41, 5.74) is 1.44. The highest BCUT2D eigenvalue weighted by atomic mass is 16.5. The molecule has 5 rings (SSSR count). The molecular weight excluding hydrogens is 420 g/mol. The van der Waals surface area contributed by atoms with Crippen LogP contribution in [0.4, 0.5) is 0 Å². The van der Waals surface area contributed by atoms with Crippen molar-refractivity contribution in [3.63, 3.8) is 0 Å². The van der Waals surface area contributed by atoms with E-state index in [9.17, 15) is 9.59 Å². The average Bonchev–Trinajstić information content (AvgIpc) is 2.76. The quantitative estimate of drug-likeness (QED) is 0.301. The summed E-state index contributed by atoms with van der Waals surface area (Å²) >= 11 is 0. The molecule has 0 N–H and O–H groups in total. The van der Waals surface area contributed by atoms with Gasteiger partial charge in [0.25, 0.3) is 0 Å². The molecule has 0 aliphatic heterocycles. The minimum Gasteiger partial charge on any atom is -0.469 e. The highest BCUT2D eigenvalue weighted by molar-refractivity contribution is 5.95. The van der Waals surface area contributed by atoms with Crippen LogP contribution in [0.3, 0.4) is 0 Å². The van der Waals surface area contributed by atoms with Crippen LogP contribution in [0.15, 0.2) is 23.8 Å². The Balaban J connectivity index is 1.62. The van der Waals surface area contributed by atoms with E-state index in [0.29, 0.717) is 17.6 Å². The molecule has 188 valence electrons. The van der Waals surface area contributed by atoms with E-state index in [1.807, 2.05) is 6.08 Å². The van der Waals surface area contributed by atoms with E-state index in [0.717, 1.165) is 51.4 Å². The van der Waals surface area contributed by atoms with Crippen molar-refractivity contribution in [2.75, 3.05) is 7.11 Å². The molecule has 34 heavy (non-hydrogen) atoms. The molecule has 0 aromatic heterocycles. The molecular formula is C31H46O3. The second-order valence-electron chi connectivity index (χ2n) is 14.6. The van der Waals surface area contributed by atoms with Crippen LogP contribution in [0.1, 0.15) is 99.8 Å². The fraction of sp³-hybridized carbons (Fsp3) is 0.806. The zero-order valence-electron chi connectivity index (χ0n) is 22.8. The number of hydrogen-bond donors (Lipinski definition) is 0. The summed E-state index contributed by atoms with van der Waals surface area (Å²) in [7, 11) is 1.58. The van der Waals surface area contributed by atoms with Crippen molar-refractivity contribution in [1.29, 1.82) is 0 Å².